The lowest BCUT2D eigenvalue weighted by atomic mass is 10.1. The van der Waals surface area contributed by atoms with E-state index in [1.54, 1.807) is 12.1 Å². The van der Waals surface area contributed by atoms with Crippen LogP contribution in [0.25, 0.3) is 10.9 Å². The number of ether oxygens (including phenoxy) is 2. The fourth-order valence-electron chi connectivity index (χ4n) is 1.79. The Kier molecular flexibility index (Phi) is 4.17. The Labute approximate surface area is 119 Å². The van der Waals surface area contributed by atoms with E-state index in [9.17, 15) is 14.9 Å². The molecule has 8 heteroatoms. The Morgan fingerprint density at radius 1 is 1.38 bits per heavy atom. The monoisotopic (exact) mass is 291 g/mol. The molecule has 0 aliphatic rings. The number of benzene rings is 1. The summed E-state index contributed by atoms with van der Waals surface area (Å²) in [5.74, 6) is 0.0436. The molecule has 0 saturated heterocycles. The zero-order valence-electron chi connectivity index (χ0n) is 11.5. The maximum Gasteiger partial charge on any atom is 0.325 e. The predicted molar refractivity (Wildman–Crippen MR) is 75.5 cm³/mol. The SMILES string of the molecule is COC(=O)CNc1cc2cc([N+](=O)[O-])cnc2cc1OC. The van der Waals surface area contributed by atoms with Gasteiger partial charge in [0, 0.05) is 17.5 Å². The van der Waals surface area contributed by atoms with Crippen LogP contribution in [0.2, 0.25) is 0 Å². The first kappa shape index (κ1) is 14.5. The summed E-state index contributed by atoms with van der Waals surface area (Å²) < 4.78 is 9.75. The van der Waals surface area contributed by atoms with Gasteiger partial charge in [0.1, 0.15) is 18.5 Å². The van der Waals surface area contributed by atoms with Gasteiger partial charge in [-0.05, 0) is 6.07 Å². The molecule has 2 rings (SSSR count). The van der Waals surface area contributed by atoms with Gasteiger partial charge in [0.25, 0.3) is 5.69 Å². The zero-order valence-corrected chi connectivity index (χ0v) is 11.5. The van der Waals surface area contributed by atoms with E-state index in [0.717, 1.165) is 0 Å². The molecule has 0 amide bonds. The van der Waals surface area contributed by atoms with Crippen LogP contribution >= 0.6 is 0 Å². The number of methoxy groups -OCH3 is 2. The highest BCUT2D eigenvalue weighted by Gasteiger charge is 2.12. The molecule has 8 nitrogen and oxygen atoms in total. The van der Waals surface area contributed by atoms with Gasteiger partial charge in [-0.1, -0.05) is 0 Å². The van der Waals surface area contributed by atoms with Crippen LogP contribution in [0.1, 0.15) is 0 Å². The van der Waals surface area contributed by atoms with Gasteiger partial charge in [0.05, 0.1) is 30.3 Å². The van der Waals surface area contributed by atoms with Crippen molar-refractivity contribution in [3.05, 3.63) is 34.5 Å². The third-order valence-electron chi connectivity index (χ3n) is 2.85. The predicted octanol–water partition coefficient (Wildman–Crippen LogP) is 1.74. The molecule has 1 N–H and O–H groups in total. The Hall–Kier alpha value is -2.90. The van der Waals surface area contributed by atoms with Crippen LogP contribution in [-0.4, -0.2) is 36.6 Å². The highest BCUT2D eigenvalue weighted by atomic mass is 16.6. The molecule has 21 heavy (non-hydrogen) atoms. The Balaban J connectivity index is 2.42. The van der Waals surface area contributed by atoms with Crippen molar-refractivity contribution in [2.45, 2.75) is 0 Å². The van der Waals surface area contributed by atoms with Crippen molar-refractivity contribution in [1.29, 1.82) is 0 Å². The smallest absolute Gasteiger partial charge is 0.325 e. The fourth-order valence-corrected chi connectivity index (χ4v) is 1.79. The molecule has 0 fully saturated rings. The van der Waals surface area contributed by atoms with E-state index >= 15 is 0 Å². The molecule has 2 aromatic rings. The standard InChI is InChI=1S/C13H13N3O5/c1-20-12-5-10-8(3-9(6-14-10)16(18)19)4-11(12)15-7-13(17)21-2/h3-6,15H,7H2,1-2H3. The minimum atomic E-state index is -0.516. The van der Waals surface area contributed by atoms with E-state index < -0.39 is 10.9 Å². The topological polar surface area (TPSA) is 104 Å². The van der Waals surface area contributed by atoms with Crippen molar-refractivity contribution in [2.75, 3.05) is 26.1 Å². The summed E-state index contributed by atoms with van der Waals surface area (Å²) in [5, 5.41) is 14.2. The van der Waals surface area contributed by atoms with E-state index in [1.807, 2.05) is 0 Å². The molecule has 0 aliphatic carbocycles. The van der Waals surface area contributed by atoms with Crippen molar-refractivity contribution >= 4 is 28.2 Å². The maximum atomic E-state index is 11.2. The van der Waals surface area contributed by atoms with Gasteiger partial charge < -0.3 is 14.8 Å². The number of carbonyl (C=O) groups excluding carboxylic acids is 1. The first-order valence-corrected chi connectivity index (χ1v) is 5.98. The Bertz CT molecular complexity index is 702. The molecule has 0 atom stereocenters. The molecular formula is C13H13N3O5. The van der Waals surface area contributed by atoms with Crippen molar-refractivity contribution < 1.29 is 19.2 Å². The number of hydrogen-bond donors (Lipinski definition) is 1. The van der Waals surface area contributed by atoms with Crippen molar-refractivity contribution in [3.8, 4) is 5.75 Å². The minimum absolute atomic E-state index is 0.0410. The summed E-state index contributed by atoms with van der Waals surface area (Å²) in [4.78, 5) is 25.4. The molecule has 110 valence electrons. The van der Waals surface area contributed by atoms with E-state index in [-0.39, 0.29) is 12.2 Å². The second-order valence-corrected chi connectivity index (χ2v) is 4.13. The van der Waals surface area contributed by atoms with E-state index in [1.165, 1.54) is 26.5 Å². The number of esters is 1. The number of hydrogen-bond acceptors (Lipinski definition) is 7. The number of nitrogens with one attached hydrogen (secondary N) is 1. The summed E-state index contributed by atoms with van der Waals surface area (Å²) in [6.45, 7) is -0.0410. The van der Waals surface area contributed by atoms with Gasteiger partial charge in [-0.2, -0.15) is 0 Å². The number of rotatable bonds is 5. The summed E-state index contributed by atoms with van der Waals surface area (Å²) in [5.41, 5.74) is 0.977. The Morgan fingerprint density at radius 3 is 2.76 bits per heavy atom. The largest absolute Gasteiger partial charge is 0.495 e. The van der Waals surface area contributed by atoms with E-state index in [4.69, 9.17) is 4.74 Å². The highest BCUT2D eigenvalue weighted by Crippen LogP contribution is 2.30. The van der Waals surface area contributed by atoms with Gasteiger partial charge in [-0.25, -0.2) is 4.98 Å². The van der Waals surface area contributed by atoms with Crippen molar-refractivity contribution in [3.63, 3.8) is 0 Å². The van der Waals surface area contributed by atoms with Crippen LogP contribution in [-0.2, 0) is 9.53 Å². The number of carbonyl (C=O) groups is 1. The lowest BCUT2D eigenvalue weighted by Gasteiger charge is -2.11. The second-order valence-electron chi connectivity index (χ2n) is 4.13. The molecular weight excluding hydrogens is 278 g/mol. The molecule has 1 aromatic carbocycles. The normalized spacial score (nSPS) is 10.2. The van der Waals surface area contributed by atoms with Crippen molar-refractivity contribution in [2.24, 2.45) is 0 Å². The highest BCUT2D eigenvalue weighted by molar-refractivity contribution is 5.88. The molecule has 0 unspecified atom stereocenters. The van der Waals surface area contributed by atoms with E-state index in [2.05, 4.69) is 15.0 Å². The number of aromatic nitrogens is 1. The van der Waals surface area contributed by atoms with Crippen LogP contribution in [0, 0.1) is 10.1 Å². The van der Waals surface area contributed by atoms with Crippen LogP contribution in [0.15, 0.2) is 24.4 Å². The van der Waals surface area contributed by atoms with Gasteiger partial charge >= 0.3 is 5.97 Å². The number of fused-ring (bicyclic) bond motifs is 1. The van der Waals surface area contributed by atoms with Gasteiger partial charge in [0.15, 0.2) is 0 Å². The van der Waals surface area contributed by atoms with Crippen LogP contribution < -0.4 is 10.1 Å². The van der Waals surface area contributed by atoms with Gasteiger partial charge in [0.2, 0.25) is 0 Å². The third-order valence-corrected chi connectivity index (χ3v) is 2.85. The summed E-state index contributed by atoms with van der Waals surface area (Å²) >= 11 is 0. The zero-order chi connectivity index (χ0) is 15.4. The molecule has 1 heterocycles. The minimum Gasteiger partial charge on any atom is -0.495 e. The molecule has 0 spiro atoms. The second kappa shape index (κ2) is 6.04. The van der Waals surface area contributed by atoms with Crippen LogP contribution in [0.5, 0.6) is 5.75 Å². The average molecular weight is 291 g/mol. The third kappa shape index (κ3) is 3.16. The van der Waals surface area contributed by atoms with Crippen LogP contribution in [0.3, 0.4) is 0 Å². The van der Waals surface area contributed by atoms with Gasteiger partial charge in [-0.3, -0.25) is 14.9 Å². The Morgan fingerprint density at radius 2 is 2.14 bits per heavy atom. The quantitative estimate of drug-likeness (QED) is 0.508. The lowest BCUT2D eigenvalue weighted by Crippen LogP contribution is -2.15. The summed E-state index contributed by atoms with van der Waals surface area (Å²) in [7, 11) is 2.77. The molecule has 1 aromatic heterocycles. The number of anilines is 1. The molecule has 0 radical (unpaired) electrons. The molecule has 0 saturated carbocycles. The fraction of sp³-hybridized carbons (Fsp3) is 0.231. The number of nitrogens with zero attached hydrogens (tertiary/aromatic N) is 2. The molecule has 0 aliphatic heterocycles. The lowest BCUT2D eigenvalue weighted by molar-refractivity contribution is -0.385. The van der Waals surface area contributed by atoms with Crippen molar-refractivity contribution in [1.82, 2.24) is 4.98 Å². The number of pyridine rings is 1. The summed E-state index contributed by atoms with van der Waals surface area (Å²) in [6, 6.07) is 4.68. The average Bonchev–Trinajstić information content (AvgIpc) is 2.50. The maximum absolute atomic E-state index is 11.2. The summed E-state index contributed by atoms with van der Waals surface area (Å²) in [6.07, 6.45) is 1.18. The first-order valence-electron chi connectivity index (χ1n) is 5.98. The number of nitro groups is 1. The first-order chi connectivity index (χ1) is 10.0. The van der Waals surface area contributed by atoms with E-state index in [0.29, 0.717) is 22.3 Å². The van der Waals surface area contributed by atoms with Crippen LogP contribution in [0.4, 0.5) is 11.4 Å². The molecule has 0 bridgehead atoms. The van der Waals surface area contributed by atoms with Gasteiger partial charge in [-0.15, -0.1) is 0 Å².